The lowest BCUT2D eigenvalue weighted by Crippen LogP contribution is -2.27. The van der Waals surface area contributed by atoms with Crippen molar-refractivity contribution in [1.29, 1.82) is 0 Å². The van der Waals surface area contributed by atoms with Crippen LogP contribution in [0.15, 0.2) is 11.2 Å². The molecular formula is C9H14N4O2S. The summed E-state index contributed by atoms with van der Waals surface area (Å²) in [6.45, 7) is 1.68. The van der Waals surface area contributed by atoms with Gasteiger partial charge < -0.3 is 15.8 Å². The van der Waals surface area contributed by atoms with Crippen molar-refractivity contribution < 1.29 is 9.53 Å². The Bertz CT molecular complexity index is 386. The summed E-state index contributed by atoms with van der Waals surface area (Å²) in [7, 11) is 1.34. The number of nitrogen functional groups attached to an aromatic ring is 1. The second-order valence-corrected chi connectivity index (χ2v) is 3.83. The van der Waals surface area contributed by atoms with Gasteiger partial charge in [0, 0.05) is 6.07 Å². The van der Waals surface area contributed by atoms with Gasteiger partial charge in [0.25, 0.3) is 0 Å². The van der Waals surface area contributed by atoms with Gasteiger partial charge in [-0.25, -0.2) is 14.8 Å². The molecule has 1 aromatic heterocycles. The maximum Gasteiger partial charge on any atom is 0.328 e. The molecule has 0 saturated carbocycles. The molecule has 0 bridgehead atoms. The second kappa shape index (κ2) is 5.55. The Hall–Kier alpha value is -1.50. The number of hydrogen-bond donors (Lipinski definition) is 2. The third kappa shape index (κ3) is 3.27. The normalized spacial score (nSPS) is 11.9. The van der Waals surface area contributed by atoms with Crippen molar-refractivity contribution >= 4 is 29.4 Å². The molecule has 3 N–H and O–H groups in total. The van der Waals surface area contributed by atoms with E-state index in [1.807, 2.05) is 6.26 Å². The van der Waals surface area contributed by atoms with Gasteiger partial charge in [0.15, 0.2) is 5.16 Å². The van der Waals surface area contributed by atoms with Gasteiger partial charge in [0.1, 0.15) is 17.7 Å². The third-order valence-corrected chi connectivity index (χ3v) is 2.37. The fourth-order valence-corrected chi connectivity index (χ4v) is 1.45. The van der Waals surface area contributed by atoms with Gasteiger partial charge in [-0.1, -0.05) is 11.8 Å². The topological polar surface area (TPSA) is 90.1 Å². The summed E-state index contributed by atoms with van der Waals surface area (Å²) in [5, 5.41) is 3.44. The number of carbonyl (C=O) groups is 1. The maximum atomic E-state index is 11.2. The summed E-state index contributed by atoms with van der Waals surface area (Å²) in [6.07, 6.45) is 1.85. The molecule has 1 rings (SSSR count). The zero-order valence-electron chi connectivity index (χ0n) is 9.35. The highest BCUT2D eigenvalue weighted by Crippen LogP contribution is 2.15. The predicted molar refractivity (Wildman–Crippen MR) is 63.3 cm³/mol. The molecule has 0 spiro atoms. The molecule has 0 fully saturated rings. The first-order valence-electron chi connectivity index (χ1n) is 4.59. The molecule has 1 aromatic rings. The highest BCUT2D eigenvalue weighted by Gasteiger charge is 2.13. The van der Waals surface area contributed by atoms with Crippen LogP contribution < -0.4 is 11.1 Å². The number of nitrogens with zero attached hydrogens (tertiary/aromatic N) is 2. The van der Waals surface area contributed by atoms with E-state index in [2.05, 4.69) is 20.0 Å². The SMILES string of the molecule is COC(=O)C(C)Nc1cc(N)nc(SC)n1. The van der Waals surface area contributed by atoms with Crippen molar-refractivity contribution in [3.8, 4) is 0 Å². The number of esters is 1. The van der Waals surface area contributed by atoms with Gasteiger partial charge in [-0.15, -0.1) is 0 Å². The Morgan fingerprint density at radius 3 is 2.88 bits per heavy atom. The first-order valence-corrected chi connectivity index (χ1v) is 5.82. The minimum absolute atomic E-state index is 0.358. The molecule has 1 heterocycles. The van der Waals surface area contributed by atoms with Crippen molar-refractivity contribution in [3.05, 3.63) is 6.07 Å². The summed E-state index contributed by atoms with van der Waals surface area (Å²) in [4.78, 5) is 19.4. The molecule has 16 heavy (non-hydrogen) atoms. The van der Waals surface area contributed by atoms with E-state index in [0.717, 1.165) is 0 Å². The van der Waals surface area contributed by atoms with Crippen LogP contribution in [0.4, 0.5) is 11.6 Å². The van der Waals surface area contributed by atoms with E-state index in [9.17, 15) is 4.79 Å². The second-order valence-electron chi connectivity index (χ2n) is 3.05. The Labute approximate surface area is 98.0 Å². The molecule has 0 saturated heterocycles. The van der Waals surface area contributed by atoms with Crippen LogP contribution in [-0.4, -0.2) is 35.3 Å². The average molecular weight is 242 g/mol. The van der Waals surface area contributed by atoms with E-state index < -0.39 is 6.04 Å². The molecular weight excluding hydrogens is 228 g/mol. The fraction of sp³-hybridized carbons (Fsp3) is 0.444. The first-order chi connectivity index (χ1) is 7.56. The zero-order chi connectivity index (χ0) is 12.1. The number of methoxy groups -OCH3 is 1. The highest BCUT2D eigenvalue weighted by molar-refractivity contribution is 7.98. The Morgan fingerprint density at radius 1 is 1.62 bits per heavy atom. The quantitative estimate of drug-likeness (QED) is 0.457. The van der Waals surface area contributed by atoms with E-state index in [1.165, 1.54) is 18.9 Å². The van der Waals surface area contributed by atoms with Gasteiger partial charge in [-0.2, -0.15) is 0 Å². The molecule has 0 aliphatic carbocycles. The molecule has 0 radical (unpaired) electrons. The van der Waals surface area contributed by atoms with Crippen molar-refractivity contribution in [3.63, 3.8) is 0 Å². The lowest BCUT2D eigenvalue weighted by atomic mass is 10.3. The van der Waals surface area contributed by atoms with E-state index in [4.69, 9.17) is 5.73 Å². The van der Waals surface area contributed by atoms with Crippen molar-refractivity contribution in [2.75, 3.05) is 24.4 Å². The first kappa shape index (κ1) is 12.6. The van der Waals surface area contributed by atoms with Crippen LogP contribution in [0, 0.1) is 0 Å². The van der Waals surface area contributed by atoms with E-state index >= 15 is 0 Å². The highest BCUT2D eigenvalue weighted by atomic mass is 32.2. The van der Waals surface area contributed by atoms with Gasteiger partial charge in [-0.3, -0.25) is 0 Å². The smallest absolute Gasteiger partial charge is 0.328 e. The maximum absolute atomic E-state index is 11.2. The summed E-state index contributed by atoms with van der Waals surface area (Å²) >= 11 is 1.38. The summed E-state index contributed by atoms with van der Waals surface area (Å²) < 4.78 is 4.59. The van der Waals surface area contributed by atoms with Crippen LogP contribution in [0.3, 0.4) is 0 Å². The minimum Gasteiger partial charge on any atom is -0.467 e. The molecule has 0 aliphatic heterocycles. The molecule has 6 nitrogen and oxygen atoms in total. The van der Waals surface area contributed by atoms with Crippen LogP contribution in [0.2, 0.25) is 0 Å². The van der Waals surface area contributed by atoms with Crippen molar-refractivity contribution in [2.45, 2.75) is 18.1 Å². The molecule has 0 aromatic carbocycles. The van der Waals surface area contributed by atoms with E-state index in [-0.39, 0.29) is 5.97 Å². The summed E-state index contributed by atoms with van der Waals surface area (Å²) in [5.74, 6) is 0.511. The number of nitrogens with two attached hydrogens (primary N) is 1. The predicted octanol–water partition coefficient (Wildman–Crippen LogP) is 0.754. The molecule has 1 atom stereocenters. The number of anilines is 2. The Kier molecular flexibility index (Phi) is 4.36. The van der Waals surface area contributed by atoms with Gasteiger partial charge in [0.2, 0.25) is 0 Å². The van der Waals surface area contributed by atoms with Gasteiger partial charge >= 0.3 is 5.97 Å². The molecule has 88 valence electrons. The van der Waals surface area contributed by atoms with Crippen LogP contribution in [0.25, 0.3) is 0 Å². The van der Waals surface area contributed by atoms with Crippen LogP contribution in [0.5, 0.6) is 0 Å². The summed E-state index contributed by atoms with van der Waals surface area (Å²) in [5.41, 5.74) is 5.60. The molecule has 7 heteroatoms. The lowest BCUT2D eigenvalue weighted by Gasteiger charge is -2.12. The zero-order valence-corrected chi connectivity index (χ0v) is 10.2. The number of ether oxygens (including phenoxy) is 1. The van der Waals surface area contributed by atoms with E-state index in [1.54, 1.807) is 13.0 Å². The van der Waals surface area contributed by atoms with Crippen LogP contribution in [0.1, 0.15) is 6.92 Å². The number of rotatable bonds is 4. The number of nitrogens with one attached hydrogen (secondary N) is 1. The number of hydrogen-bond acceptors (Lipinski definition) is 7. The van der Waals surface area contributed by atoms with E-state index in [0.29, 0.717) is 16.8 Å². The molecule has 1 unspecified atom stereocenters. The minimum atomic E-state index is -0.478. The van der Waals surface area contributed by atoms with Crippen LogP contribution in [-0.2, 0) is 9.53 Å². The Morgan fingerprint density at radius 2 is 2.31 bits per heavy atom. The lowest BCUT2D eigenvalue weighted by molar-refractivity contribution is -0.141. The average Bonchev–Trinajstić information content (AvgIpc) is 2.26. The fourth-order valence-electron chi connectivity index (χ4n) is 1.07. The van der Waals surface area contributed by atoms with Crippen molar-refractivity contribution in [1.82, 2.24) is 9.97 Å². The van der Waals surface area contributed by atoms with Crippen LogP contribution >= 0.6 is 11.8 Å². The molecule has 0 amide bonds. The van der Waals surface area contributed by atoms with Gasteiger partial charge in [0.05, 0.1) is 7.11 Å². The molecule has 0 aliphatic rings. The van der Waals surface area contributed by atoms with Gasteiger partial charge in [-0.05, 0) is 13.2 Å². The van der Waals surface area contributed by atoms with Crippen molar-refractivity contribution in [2.24, 2.45) is 0 Å². The number of aromatic nitrogens is 2. The Balaban J connectivity index is 2.80. The monoisotopic (exact) mass is 242 g/mol. The largest absolute Gasteiger partial charge is 0.467 e. The number of thioether (sulfide) groups is 1. The summed E-state index contributed by atoms with van der Waals surface area (Å²) in [6, 6.07) is 1.09. The standard InChI is InChI=1S/C9H14N4O2S/c1-5(8(14)15-2)11-7-4-6(10)12-9(13-7)16-3/h4-5H,1-3H3,(H3,10,11,12,13). The third-order valence-electron chi connectivity index (χ3n) is 1.83. The number of carbonyl (C=O) groups excluding carboxylic acids is 1.